The third kappa shape index (κ3) is 4.80. The molecule has 0 saturated carbocycles. The van der Waals surface area contributed by atoms with Gasteiger partial charge in [0.25, 0.3) is 0 Å². The van der Waals surface area contributed by atoms with E-state index in [1.165, 1.54) is 0 Å². The Kier molecular flexibility index (Phi) is 5.80. The molecule has 2 heterocycles. The Balaban J connectivity index is 1.48. The monoisotopic (exact) mass is 325 g/mol. The number of hydrogen-bond acceptors (Lipinski definition) is 4. The van der Waals surface area contributed by atoms with Crippen LogP contribution >= 0.6 is 0 Å². The third-order valence-electron chi connectivity index (χ3n) is 4.12. The van der Waals surface area contributed by atoms with Gasteiger partial charge in [0.2, 0.25) is 5.91 Å². The second-order valence-electron chi connectivity index (χ2n) is 5.97. The van der Waals surface area contributed by atoms with E-state index in [4.69, 9.17) is 4.74 Å². The molecule has 0 bridgehead atoms. The quantitative estimate of drug-likeness (QED) is 0.856. The summed E-state index contributed by atoms with van der Waals surface area (Å²) in [7, 11) is 0. The van der Waals surface area contributed by atoms with Crippen LogP contribution in [0, 0.1) is 0 Å². The molecule has 0 radical (unpaired) electrons. The second-order valence-corrected chi connectivity index (χ2v) is 5.97. The number of amides is 1. The van der Waals surface area contributed by atoms with Crippen LogP contribution in [0.25, 0.3) is 0 Å². The Hall–Kier alpha value is -2.40. The largest absolute Gasteiger partial charge is 0.487 e. The van der Waals surface area contributed by atoms with Crippen molar-refractivity contribution >= 4 is 5.91 Å². The highest BCUT2D eigenvalue weighted by Crippen LogP contribution is 2.14. The predicted molar refractivity (Wildman–Crippen MR) is 92.5 cm³/mol. The average molecular weight is 325 g/mol. The molecule has 1 aliphatic heterocycles. The van der Waals surface area contributed by atoms with E-state index in [1.54, 1.807) is 6.20 Å². The van der Waals surface area contributed by atoms with E-state index in [-0.39, 0.29) is 11.9 Å². The summed E-state index contributed by atoms with van der Waals surface area (Å²) in [6.07, 6.45) is 4.80. The number of hydrogen-bond donors (Lipinski definition) is 2. The van der Waals surface area contributed by atoms with E-state index in [0.29, 0.717) is 13.2 Å². The highest BCUT2D eigenvalue weighted by molar-refractivity contribution is 5.81. The fourth-order valence-electron chi connectivity index (χ4n) is 2.72. The molecule has 1 aliphatic rings. The number of benzene rings is 1. The van der Waals surface area contributed by atoms with Gasteiger partial charge in [0.1, 0.15) is 12.4 Å². The molecule has 2 aromatic rings. The smallest absolute Gasteiger partial charge is 0.237 e. The number of aromatic nitrogens is 1. The molecule has 1 aromatic heterocycles. The van der Waals surface area contributed by atoms with Crippen LogP contribution < -0.4 is 15.4 Å². The Bertz CT molecular complexity index is 643. The summed E-state index contributed by atoms with van der Waals surface area (Å²) >= 11 is 0. The van der Waals surface area contributed by atoms with Gasteiger partial charge in [-0.15, -0.1) is 0 Å². The summed E-state index contributed by atoms with van der Waals surface area (Å²) in [5.41, 5.74) is 2.04. The van der Waals surface area contributed by atoms with E-state index < -0.39 is 0 Å². The number of carbonyl (C=O) groups is 1. The van der Waals surface area contributed by atoms with Crippen LogP contribution in [-0.2, 0) is 17.9 Å². The minimum Gasteiger partial charge on any atom is -0.487 e. The Morgan fingerprint density at radius 2 is 2.04 bits per heavy atom. The van der Waals surface area contributed by atoms with Gasteiger partial charge in [-0.1, -0.05) is 18.2 Å². The Labute approximate surface area is 142 Å². The van der Waals surface area contributed by atoms with Crippen LogP contribution in [0.5, 0.6) is 5.75 Å². The Morgan fingerprint density at radius 3 is 2.83 bits per heavy atom. The van der Waals surface area contributed by atoms with Crippen LogP contribution in [-0.4, -0.2) is 23.5 Å². The summed E-state index contributed by atoms with van der Waals surface area (Å²) in [6, 6.07) is 13.6. The SMILES string of the molecule is O=C1NCCCC[C@H]1NCc1ccc(OCc2ccccn2)cc1. The van der Waals surface area contributed by atoms with Gasteiger partial charge in [-0.3, -0.25) is 9.78 Å². The molecule has 3 rings (SSSR count). The highest BCUT2D eigenvalue weighted by Gasteiger charge is 2.19. The van der Waals surface area contributed by atoms with Crippen molar-refractivity contribution in [1.82, 2.24) is 15.6 Å². The summed E-state index contributed by atoms with van der Waals surface area (Å²) in [5, 5.41) is 6.29. The maximum Gasteiger partial charge on any atom is 0.237 e. The molecule has 0 aliphatic carbocycles. The maximum atomic E-state index is 11.9. The molecule has 2 N–H and O–H groups in total. The first-order valence-corrected chi connectivity index (χ1v) is 8.44. The fraction of sp³-hybridized carbons (Fsp3) is 0.368. The topological polar surface area (TPSA) is 63.2 Å². The molecule has 1 saturated heterocycles. The molecule has 5 heteroatoms. The van der Waals surface area contributed by atoms with Crippen molar-refractivity contribution in [3.05, 3.63) is 59.9 Å². The lowest BCUT2D eigenvalue weighted by molar-refractivity contribution is -0.122. The van der Waals surface area contributed by atoms with Gasteiger partial charge >= 0.3 is 0 Å². The summed E-state index contributed by atoms with van der Waals surface area (Å²) in [4.78, 5) is 16.1. The standard InChI is InChI=1S/C19H23N3O2/c23-19-18(6-2-4-12-21-19)22-13-15-7-9-17(10-8-15)24-14-16-5-1-3-11-20-16/h1,3,5,7-11,18,22H,2,4,6,12-14H2,(H,21,23)/t18-/m1/s1. The van der Waals surface area contributed by atoms with Gasteiger partial charge < -0.3 is 15.4 Å². The van der Waals surface area contributed by atoms with E-state index in [9.17, 15) is 4.79 Å². The summed E-state index contributed by atoms with van der Waals surface area (Å²) in [6.45, 7) is 1.93. The van der Waals surface area contributed by atoms with Gasteiger partial charge in [-0.25, -0.2) is 0 Å². The zero-order valence-corrected chi connectivity index (χ0v) is 13.7. The van der Waals surface area contributed by atoms with Crippen LogP contribution in [0.1, 0.15) is 30.5 Å². The molecule has 24 heavy (non-hydrogen) atoms. The van der Waals surface area contributed by atoms with Gasteiger partial charge in [0.15, 0.2) is 0 Å². The van der Waals surface area contributed by atoms with E-state index >= 15 is 0 Å². The number of nitrogens with one attached hydrogen (secondary N) is 2. The van der Waals surface area contributed by atoms with Gasteiger partial charge in [-0.2, -0.15) is 0 Å². The highest BCUT2D eigenvalue weighted by atomic mass is 16.5. The lowest BCUT2D eigenvalue weighted by Crippen LogP contribution is -2.42. The lowest BCUT2D eigenvalue weighted by Gasteiger charge is -2.15. The van der Waals surface area contributed by atoms with Crippen LogP contribution in [0.15, 0.2) is 48.7 Å². The molecule has 1 fully saturated rings. The number of pyridine rings is 1. The van der Waals surface area contributed by atoms with Crippen molar-refractivity contribution in [3.63, 3.8) is 0 Å². The predicted octanol–water partition coefficient (Wildman–Crippen LogP) is 2.42. The molecule has 1 aromatic carbocycles. The van der Waals surface area contributed by atoms with Gasteiger partial charge in [0.05, 0.1) is 11.7 Å². The molecule has 5 nitrogen and oxygen atoms in total. The molecular formula is C19H23N3O2. The summed E-state index contributed by atoms with van der Waals surface area (Å²) in [5.74, 6) is 0.930. The van der Waals surface area contributed by atoms with Crippen molar-refractivity contribution < 1.29 is 9.53 Å². The number of ether oxygens (including phenoxy) is 1. The second kappa shape index (κ2) is 8.45. The van der Waals surface area contributed by atoms with Gasteiger partial charge in [0, 0.05) is 19.3 Å². The number of nitrogens with zero attached hydrogens (tertiary/aromatic N) is 1. The van der Waals surface area contributed by atoms with E-state index in [0.717, 1.165) is 42.8 Å². The molecular weight excluding hydrogens is 302 g/mol. The number of carbonyl (C=O) groups excluding carboxylic acids is 1. The van der Waals surface area contributed by atoms with Crippen molar-refractivity contribution in [2.45, 2.75) is 38.5 Å². The van der Waals surface area contributed by atoms with Crippen molar-refractivity contribution in [2.24, 2.45) is 0 Å². The Morgan fingerprint density at radius 1 is 1.17 bits per heavy atom. The van der Waals surface area contributed by atoms with Crippen molar-refractivity contribution in [3.8, 4) is 5.75 Å². The van der Waals surface area contributed by atoms with E-state index in [1.807, 2.05) is 42.5 Å². The number of rotatable bonds is 6. The zero-order valence-electron chi connectivity index (χ0n) is 13.7. The molecule has 1 atom stereocenters. The molecule has 0 spiro atoms. The average Bonchev–Trinajstić information content (AvgIpc) is 2.84. The fourth-order valence-corrected chi connectivity index (χ4v) is 2.72. The first kappa shape index (κ1) is 16.5. The summed E-state index contributed by atoms with van der Waals surface area (Å²) < 4.78 is 5.73. The minimum absolute atomic E-state index is 0.0902. The normalized spacial score (nSPS) is 17.8. The van der Waals surface area contributed by atoms with E-state index in [2.05, 4.69) is 15.6 Å². The van der Waals surface area contributed by atoms with Crippen LogP contribution in [0.3, 0.4) is 0 Å². The third-order valence-corrected chi connectivity index (χ3v) is 4.12. The van der Waals surface area contributed by atoms with Crippen molar-refractivity contribution in [1.29, 1.82) is 0 Å². The minimum atomic E-state index is -0.0902. The maximum absolute atomic E-state index is 11.9. The molecule has 0 unspecified atom stereocenters. The lowest BCUT2D eigenvalue weighted by atomic mass is 10.1. The van der Waals surface area contributed by atoms with Crippen molar-refractivity contribution in [2.75, 3.05) is 6.54 Å². The first-order chi connectivity index (χ1) is 11.8. The molecule has 1 amide bonds. The molecule has 126 valence electrons. The first-order valence-electron chi connectivity index (χ1n) is 8.44. The van der Waals surface area contributed by atoms with Crippen LogP contribution in [0.4, 0.5) is 0 Å². The van der Waals surface area contributed by atoms with Crippen LogP contribution in [0.2, 0.25) is 0 Å². The van der Waals surface area contributed by atoms with Gasteiger partial charge in [-0.05, 0) is 49.1 Å². The zero-order chi connectivity index (χ0) is 16.6.